The maximum Gasteiger partial charge on any atom is 0.308 e. The monoisotopic (exact) mass is 354 g/mol. The summed E-state index contributed by atoms with van der Waals surface area (Å²) in [5, 5.41) is 1.96. The molecule has 20 heavy (non-hydrogen) atoms. The second kappa shape index (κ2) is 8.19. The number of ether oxygens (including phenoxy) is 2. The minimum atomic E-state index is -0.236. The zero-order chi connectivity index (χ0) is 14.2. The molecule has 0 N–H and O–H groups in total. The summed E-state index contributed by atoms with van der Waals surface area (Å²) in [6, 6.07) is 11.8. The van der Waals surface area contributed by atoms with E-state index in [0.717, 1.165) is 14.9 Å². The zero-order valence-electron chi connectivity index (χ0n) is 10.9. The SMILES string of the molecule is O=C(CCOCc1ccccc1)OCc1csc(Br)c1. The molecular weight excluding hydrogens is 340 g/mol. The van der Waals surface area contributed by atoms with Crippen molar-refractivity contribution < 1.29 is 14.3 Å². The van der Waals surface area contributed by atoms with Crippen LogP contribution in [-0.2, 0) is 27.5 Å². The van der Waals surface area contributed by atoms with Gasteiger partial charge in [-0.1, -0.05) is 30.3 Å². The van der Waals surface area contributed by atoms with E-state index in [9.17, 15) is 4.79 Å². The number of esters is 1. The molecule has 1 heterocycles. The fourth-order valence-electron chi connectivity index (χ4n) is 1.58. The van der Waals surface area contributed by atoms with Crippen molar-refractivity contribution in [3.63, 3.8) is 0 Å². The molecule has 0 aliphatic rings. The van der Waals surface area contributed by atoms with Crippen molar-refractivity contribution in [2.75, 3.05) is 6.61 Å². The van der Waals surface area contributed by atoms with E-state index in [1.165, 1.54) is 0 Å². The number of hydrogen-bond donors (Lipinski definition) is 0. The molecule has 5 heteroatoms. The first kappa shape index (κ1) is 15.2. The van der Waals surface area contributed by atoms with Crippen LogP contribution in [0.1, 0.15) is 17.5 Å². The minimum Gasteiger partial charge on any atom is -0.461 e. The summed E-state index contributed by atoms with van der Waals surface area (Å²) in [7, 11) is 0. The second-order valence-corrected chi connectivity index (χ2v) is 6.50. The molecule has 1 aromatic heterocycles. The average Bonchev–Trinajstić information content (AvgIpc) is 2.88. The highest BCUT2D eigenvalue weighted by Gasteiger charge is 2.05. The van der Waals surface area contributed by atoms with E-state index in [2.05, 4.69) is 15.9 Å². The standard InChI is InChI=1S/C15H15BrO3S/c16-14-8-13(11-20-14)10-19-15(17)6-7-18-9-12-4-2-1-3-5-12/h1-5,8,11H,6-7,9-10H2. The Hall–Kier alpha value is -1.17. The second-order valence-electron chi connectivity index (χ2n) is 4.21. The number of thiophene rings is 1. The van der Waals surface area contributed by atoms with Gasteiger partial charge in [-0.2, -0.15) is 0 Å². The number of carbonyl (C=O) groups is 1. The first-order valence-electron chi connectivity index (χ1n) is 6.24. The van der Waals surface area contributed by atoms with Crippen LogP contribution in [0.2, 0.25) is 0 Å². The molecular formula is C15H15BrO3S. The Bertz CT molecular complexity index is 539. The van der Waals surface area contributed by atoms with Crippen molar-refractivity contribution in [1.82, 2.24) is 0 Å². The van der Waals surface area contributed by atoms with Gasteiger partial charge in [-0.15, -0.1) is 11.3 Å². The highest BCUT2D eigenvalue weighted by Crippen LogP contribution is 2.21. The highest BCUT2D eigenvalue weighted by molar-refractivity contribution is 9.11. The molecule has 0 unspecified atom stereocenters. The van der Waals surface area contributed by atoms with Gasteiger partial charge in [0.15, 0.2) is 0 Å². The Morgan fingerprint density at radius 3 is 2.65 bits per heavy atom. The van der Waals surface area contributed by atoms with Crippen LogP contribution < -0.4 is 0 Å². The van der Waals surface area contributed by atoms with Gasteiger partial charge < -0.3 is 9.47 Å². The van der Waals surface area contributed by atoms with Crippen LogP contribution >= 0.6 is 27.3 Å². The van der Waals surface area contributed by atoms with Crippen LogP contribution in [0.3, 0.4) is 0 Å². The highest BCUT2D eigenvalue weighted by atomic mass is 79.9. The number of halogens is 1. The average molecular weight is 355 g/mol. The molecule has 2 rings (SSSR count). The fourth-order valence-corrected chi connectivity index (χ4v) is 2.77. The Balaban J connectivity index is 1.58. The summed E-state index contributed by atoms with van der Waals surface area (Å²) < 4.78 is 11.6. The molecule has 0 saturated heterocycles. The molecule has 0 spiro atoms. The molecule has 0 aliphatic carbocycles. The van der Waals surface area contributed by atoms with Crippen molar-refractivity contribution in [2.45, 2.75) is 19.6 Å². The summed E-state index contributed by atoms with van der Waals surface area (Å²) in [4.78, 5) is 11.5. The van der Waals surface area contributed by atoms with E-state index in [1.54, 1.807) is 11.3 Å². The normalized spacial score (nSPS) is 10.4. The van der Waals surface area contributed by atoms with Crippen LogP contribution in [0.5, 0.6) is 0 Å². The minimum absolute atomic E-state index is 0.236. The van der Waals surface area contributed by atoms with Gasteiger partial charge in [0.05, 0.1) is 23.4 Å². The number of carbonyl (C=O) groups excluding carboxylic acids is 1. The Morgan fingerprint density at radius 1 is 1.15 bits per heavy atom. The maximum absolute atomic E-state index is 11.5. The van der Waals surface area contributed by atoms with Gasteiger partial charge in [0.2, 0.25) is 0 Å². The maximum atomic E-state index is 11.5. The summed E-state index contributed by atoms with van der Waals surface area (Å²) in [6.07, 6.45) is 0.276. The number of rotatable bonds is 7. The van der Waals surface area contributed by atoms with Crippen molar-refractivity contribution in [2.24, 2.45) is 0 Å². The van der Waals surface area contributed by atoms with Crippen molar-refractivity contribution in [1.29, 1.82) is 0 Å². The molecule has 3 nitrogen and oxygen atoms in total. The van der Waals surface area contributed by atoms with Gasteiger partial charge in [0.1, 0.15) is 6.61 Å². The molecule has 0 bridgehead atoms. The molecule has 0 aliphatic heterocycles. The third-order valence-corrected chi connectivity index (χ3v) is 4.14. The lowest BCUT2D eigenvalue weighted by atomic mass is 10.2. The summed E-state index contributed by atoms with van der Waals surface area (Å²) >= 11 is 4.95. The molecule has 0 atom stereocenters. The van der Waals surface area contributed by atoms with Crippen LogP contribution in [0, 0.1) is 0 Å². The van der Waals surface area contributed by atoms with E-state index in [0.29, 0.717) is 19.8 Å². The number of benzene rings is 1. The van der Waals surface area contributed by atoms with Crippen LogP contribution in [0.25, 0.3) is 0 Å². The van der Waals surface area contributed by atoms with Gasteiger partial charge >= 0.3 is 5.97 Å². The molecule has 0 amide bonds. The topological polar surface area (TPSA) is 35.5 Å². The van der Waals surface area contributed by atoms with Gasteiger partial charge in [0, 0.05) is 5.56 Å². The van der Waals surface area contributed by atoms with Gasteiger partial charge in [0.25, 0.3) is 0 Å². The largest absolute Gasteiger partial charge is 0.461 e. The van der Waals surface area contributed by atoms with Crippen LogP contribution in [0.4, 0.5) is 0 Å². The van der Waals surface area contributed by atoms with Gasteiger partial charge in [-0.25, -0.2) is 0 Å². The fraction of sp³-hybridized carbons (Fsp3) is 0.267. The molecule has 106 valence electrons. The lowest BCUT2D eigenvalue weighted by molar-refractivity contribution is -0.146. The zero-order valence-corrected chi connectivity index (χ0v) is 13.3. The molecule has 2 aromatic rings. The number of hydrogen-bond acceptors (Lipinski definition) is 4. The third-order valence-electron chi connectivity index (χ3n) is 2.58. The lowest BCUT2D eigenvalue weighted by Crippen LogP contribution is -2.08. The summed E-state index contributed by atoms with van der Waals surface area (Å²) in [5.41, 5.74) is 2.10. The quantitative estimate of drug-likeness (QED) is 0.553. The third kappa shape index (κ3) is 5.45. The van der Waals surface area contributed by atoms with Crippen molar-refractivity contribution >= 4 is 33.2 Å². The van der Waals surface area contributed by atoms with Gasteiger partial charge in [-0.05, 0) is 32.9 Å². The Kier molecular flexibility index (Phi) is 6.24. The van der Waals surface area contributed by atoms with E-state index < -0.39 is 0 Å². The predicted molar refractivity (Wildman–Crippen MR) is 82.5 cm³/mol. The molecule has 0 fully saturated rings. The van der Waals surface area contributed by atoms with Crippen molar-refractivity contribution in [3.05, 3.63) is 56.7 Å². The van der Waals surface area contributed by atoms with E-state index >= 15 is 0 Å². The van der Waals surface area contributed by atoms with Crippen molar-refractivity contribution in [3.8, 4) is 0 Å². The van der Waals surface area contributed by atoms with E-state index in [-0.39, 0.29) is 12.4 Å². The molecule has 0 saturated carbocycles. The van der Waals surface area contributed by atoms with Gasteiger partial charge in [-0.3, -0.25) is 4.79 Å². The Morgan fingerprint density at radius 2 is 1.95 bits per heavy atom. The summed E-state index contributed by atoms with van der Waals surface area (Å²) in [6.45, 7) is 1.21. The first-order chi connectivity index (χ1) is 9.74. The van der Waals surface area contributed by atoms with Crippen LogP contribution in [0.15, 0.2) is 45.6 Å². The Labute approximate surface area is 130 Å². The predicted octanol–water partition coefficient (Wildman–Crippen LogP) is 4.16. The van der Waals surface area contributed by atoms with E-state index in [1.807, 2.05) is 41.8 Å². The molecule has 1 aromatic carbocycles. The lowest BCUT2D eigenvalue weighted by Gasteiger charge is -2.05. The van der Waals surface area contributed by atoms with E-state index in [4.69, 9.17) is 9.47 Å². The summed E-state index contributed by atoms with van der Waals surface area (Å²) in [5.74, 6) is -0.236. The first-order valence-corrected chi connectivity index (χ1v) is 7.91. The smallest absolute Gasteiger partial charge is 0.308 e. The molecule has 0 radical (unpaired) electrons. The van der Waals surface area contributed by atoms with Crippen LogP contribution in [-0.4, -0.2) is 12.6 Å².